The van der Waals surface area contributed by atoms with Gasteiger partial charge in [0.15, 0.2) is 0 Å². The number of pyridine rings is 1. The zero-order valence-electron chi connectivity index (χ0n) is 15.1. The van der Waals surface area contributed by atoms with Gasteiger partial charge in [0.05, 0.1) is 17.7 Å². The molecule has 1 atom stereocenters. The zero-order valence-corrected chi connectivity index (χ0v) is 15.9. The molecular weight excluding hydrogens is 358 g/mol. The van der Waals surface area contributed by atoms with Crippen LogP contribution in [0.2, 0.25) is 0 Å². The van der Waals surface area contributed by atoms with Crippen LogP contribution >= 0.6 is 11.3 Å². The maximum Gasteiger partial charge on any atom is 0.121 e. The molecule has 136 valence electrons. The Morgan fingerprint density at radius 2 is 1.96 bits per heavy atom. The van der Waals surface area contributed by atoms with Crippen molar-refractivity contribution in [3.63, 3.8) is 0 Å². The minimum atomic E-state index is -0.750. The lowest BCUT2D eigenvalue weighted by atomic mass is 9.97. The van der Waals surface area contributed by atoms with Crippen molar-refractivity contribution in [3.8, 4) is 16.2 Å². The van der Waals surface area contributed by atoms with Crippen LogP contribution in [0.4, 0.5) is 0 Å². The Morgan fingerprint density at radius 1 is 1.15 bits per heavy atom. The highest BCUT2D eigenvalue weighted by Gasteiger charge is 2.23. The Morgan fingerprint density at radius 3 is 2.63 bits per heavy atom. The van der Waals surface area contributed by atoms with E-state index in [0.717, 1.165) is 43.5 Å². The van der Waals surface area contributed by atoms with Crippen molar-refractivity contribution in [2.24, 2.45) is 10.2 Å². The molecule has 5 nitrogen and oxygen atoms in total. The van der Waals surface area contributed by atoms with E-state index in [1.54, 1.807) is 37.1 Å². The van der Waals surface area contributed by atoms with Crippen LogP contribution in [0.3, 0.4) is 0 Å². The van der Waals surface area contributed by atoms with Gasteiger partial charge in [-0.1, -0.05) is 6.07 Å². The van der Waals surface area contributed by atoms with Crippen LogP contribution in [0, 0.1) is 6.92 Å². The zero-order chi connectivity index (χ0) is 18.8. The number of aryl methyl sites for hydroxylation is 1. The second-order valence-electron chi connectivity index (χ2n) is 6.31. The second kappa shape index (κ2) is 7.42. The van der Waals surface area contributed by atoms with Crippen LogP contribution in [-0.2, 0) is 0 Å². The van der Waals surface area contributed by atoms with E-state index >= 15 is 0 Å². The van der Waals surface area contributed by atoms with Crippen molar-refractivity contribution in [3.05, 3.63) is 70.4 Å². The molecule has 0 fully saturated rings. The van der Waals surface area contributed by atoms with Gasteiger partial charge in [-0.3, -0.25) is 4.98 Å². The van der Waals surface area contributed by atoms with E-state index in [9.17, 15) is 5.11 Å². The Labute approximate surface area is 161 Å². The number of aromatic nitrogens is 1. The number of ether oxygens (including phenoxy) is 1. The summed E-state index contributed by atoms with van der Waals surface area (Å²) in [5, 5.41) is 19.4. The van der Waals surface area contributed by atoms with E-state index in [0.29, 0.717) is 6.42 Å². The summed E-state index contributed by atoms with van der Waals surface area (Å²) in [4.78, 5) is 6.13. The molecule has 0 aliphatic carbocycles. The third-order valence-corrected chi connectivity index (χ3v) is 5.81. The highest BCUT2D eigenvalue weighted by molar-refractivity contribution is 7.17. The Balaban J connectivity index is 1.78. The largest absolute Gasteiger partial charge is 0.496 e. The molecular formula is C21H19N3O2S. The molecule has 0 radical (unpaired) electrons. The Kier molecular flexibility index (Phi) is 4.83. The number of hydrogen-bond acceptors (Lipinski definition) is 6. The van der Waals surface area contributed by atoms with E-state index in [4.69, 9.17) is 4.74 Å². The topological polar surface area (TPSA) is 67.1 Å². The number of aliphatic hydroxyl groups is 1. The Hall–Kier alpha value is -2.83. The lowest BCUT2D eigenvalue weighted by Gasteiger charge is -2.14. The smallest absolute Gasteiger partial charge is 0.121 e. The fourth-order valence-corrected chi connectivity index (χ4v) is 4.35. The quantitative estimate of drug-likeness (QED) is 0.717. The lowest BCUT2D eigenvalue weighted by Crippen LogP contribution is -2.06. The summed E-state index contributed by atoms with van der Waals surface area (Å²) in [6.07, 6.45) is 5.26. The number of benzene rings is 1. The van der Waals surface area contributed by atoms with Gasteiger partial charge in [0.1, 0.15) is 11.9 Å². The number of rotatable bonds is 5. The van der Waals surface area contributed by atoms with Crippen molar-refractivity contribution in [2.45, 2.75) is 19.4 Å². The molecule has 1 N–H and O–H groups in total. The first-order chi connectivity index (χ1) is 13.2. The molecule has 1 unspecified atom stereocenters. The van der Waals surface area contributed by atoms with Crippen LogP contribution in [0.5, 0.6) is 5.75 Å². The molecule has 3 heterocycles. The van der Waals surface area contributed by atoms with Crippen molar-refractivity contribution < 1.29 is 9.84 Å². The molecule has 1 aliphatic heterocycles. The maximum absolute atomic E-state index is 11.1. The van der Waals surface area contributed by atoms with Gasteiger partial charge in [0.2, 0.25) is 0 Å². The average molecular weight is 377 g/mol. The van der Waals surface area contributed by atoms with Crippen LogP contribution < -0.4 is 4.74 Å². The maximum atomic E-state index is 11.1. The van der Waals surface area contributed by atoms with Gasteiger partial charge in [-0.25, -0.2) is 0 Å². The van der Waals surface area contributed by atoms with Crippen molar-refractivity contribution in [1.82, 2.24) is 4.98 Å². The SMILES string of the molecule is COc1ccc(C(O)c2cc(-c3ccncc3)sc2C2=NN=CC2)cc1C. The summed E-state index contributed by atoms with van der Waals surface area (Å²) in [7, 11) is 1.65. The summed E-state index contributed by atoms with van der Waals surface area (Å²) in [5.74, 6) is 0.808. The highest BCUT2D eigenvalue weighted by Crippen LogP contribution is 2.38. The van der Waals surface area contributed by atoms with Crippen LogP contribution in [0.25, 0.3) is 10.4 Å². The second-order valence-corrected chi connectivity index (χ2v) is 7.36. The van der Waals surface area contributed by atoms with Crippen molar-refractivity contribution in [2.75, 3.05) is 7.11 Å². The molecule has 0 saturated carbocycles. The lowest BCUT2D eigenvalue weighted by molar-refractivity contribution is 0.220. The molecule has 0 spiro atoms. The third-order valence-electron chi connectivity index (χ3n) is 4.56. The predicted octanol–water partition coefficient (Wildman–Crippen LogP) is 4.39. The predicted molar refractivity (Wildman–Crippen MR) is 109 cm³/mol. The minimum Gasteiger partial charge on any atom is -0.496 e. The summed E-state index contributed by atoms with van der Waals surface area (Å²) in [6, 6.07) is 11.7. The first kappa shape index (κ1) is 17.6. The molecule has 3 aromatic rings. The molecule has 0 amide bonds. The van der Waals surface area contributed by atoms with Crippen molar-refractivity contribution in [1.29, 1.82) is 0 Å². The van der Waals surface area contributed by atoms with Gasteiger partial charge in [-0.2, -0.15) is 10.2 Å². The summed E-state index contributed by atoms with van der Waals surface area (Å²) >= 11 is 1.62. The molecule has 0 bridgehead atoms. The summed E-state index contributed by atoms with van der Waals surface area (Å²) < 4.78 is 5.33. The first-order valence-electron chi connectivity index (χ1n) is 8.63. The molecule has 0 saturated heterocycles. The molecule has 1 aliphatic rings. The van der Waals surface area contributed by atoms with Gasteiger partial charge in [-0.15, -0.1) is 11.3 Å². The minimum absolute atomic E-state index is 0.678. The highest BCUT2D eigenvalue weighted by atomic mass is 32.1. The average Bonchev–Trinajstić information content (AvgIpc) is 3.37. The van der Waals surface area contributed by atoms with E-state index in [-0.39, 0.29) is 0 Å². The fourth-order valence-electron chi connectivity index (χ4n) is 3.16. The fraction of sp³-hybridized carbons (Fsp3) is 0.190. The number of aliphatic hydroxyl groups excluding tert-OH is 1. The number of hydrogen-bond donors (Lipinski definition) is 1. The summed E-state index contributed by atoms with van der Waals surface area (Å²) in [6.45, 7) is 1.97. The van der Waals surface area contributed by atoms with Crippen LogP contribution in [0.15, 0.2) is 59.0 Å². The van der Waals surface area contributed by atoms with Gasteiger partial charge in [-0.05, 0) is 53.9 Å². The monoisotopic (exact) mass is 377 g/mol. The normalized spacial score (nSPS) is 14.3. The summed E-state index contributed by atoms with van der Waals surface area (Å²) in [5.41, 5.74) is 4.62. The number of methoxy groups -OCH3 is 1. The van der Waals surface area contributed by atoms with E-state index < -0.39 is 6.10 Å². The molecule has 6 heteroatoms. The number of thiophene rings is 1. The number of nitrogens with zero attached hydrogens (tertiary/aromatic N) is 3. The third kappa shape index (κ3) is 3.41. The first-order valence-corrected chi connectivity index (χ1v) is 9.44. The van der Waals surface area contributed by atoms with Gasteiger partial charge in [0.25, 0.3) is 0 Å². The van der Waals surface area contributed by atoms with E-state index in [2.05, 4.69) is 15.2 Å². The van der Waals surface area contributed by atoms with Crippen molar-refractivity contribution >= 4 is 23.3 Å². The van der Waals surface area contributed by atoms with Gasteiger partial charge >= 0.3 is 0 Å². The molecule has 27 heavy (non-hydrogen) atoms. The van der Waals surface area contributed by atoms with Crippen LogP contribution in [-0.4, -0.2) is 29.1 Å². The Bertz CT molecular complexity index is 1030. The van der Waals surface area contributed by atoms with Crippen LogP contribution in [0.1, 0.15) is 34.1 Å². The van der Waals surface area contributed by atoms with Gasteiger partial charge < -0.3 is 9.84 Å². The standard InChI is InChI=1S/C21H19N3O2S/c1-13-11-15(3-4-18(13)26-2)20(25)16-12-19(14-5-8-22-9-6-14)27-21(16)17-7-10-23-24-17/h3-6,8-12,20,25H,7H2,1-2H3. The van der Waals surface area contributed by atoms with Gasteiger partial charge in [0, 0.05) is 35.5 Å². The van der Waals surface area contributed by atoms with E-state index in [1.807, 2.05) is 43.3 Å². The molecule has 1 aromatic carbocycles. The molecule has 2 aromatic heterocycles. The molecule has 4 rings (SSSR count). The van der Waals surface area contributed by atoms with E-state index in [1.165, 1.54) is 0 Å².